The van der Waals surface area contributed by atoms with E-state index in [1.165, 1.54) is 28.8 Å². The number of hydrogen-bond acceptors (Lipinski definition) is 8. The molecule has 2 fully saturated rings. The van der Waals surface area contributed by atoms with Gasteiger partial charge in [0, 0.05) is 24.4 Å². The van der Waals surface area contributed by atoms with Gasteiger partial charge in [0.15, 0.2) is 0 Å². The summed E-state index contributed by atoms with van der Waals surface area (Å²) >= 11 is 1.25. The number of thioether (sulfide) groups is 1. The van der Waals surface area contributed by atoms with Crippen molar-refractivity contribution in [2.45, 2.75) is 11.4 Å². The van der Waals surface area contributed by atoms with Crippen molar-refractivity contribution in [2.75, 3.05) is 18.9 Å². The van der Waals surface area contributed by atoms with Crippen LogP contribution in [0.1, 0.15) is 10.4 Å². The third-order valence-electron chi connectivity index (χ3n) is 4.43. The predicted molar refractivity (Wildman–Crippen MR) is 89.4 cm³/mol. The Labute approximate surface area is 151 Å². The van der Waals surface area contributed by atoms with Gasteiger partial charge >= 0.3 is 11.9 Å². The molecule has 2 unspecified atom stereocenters. The van der Waals surface area contributed by atoms with E-state index in [1.807, 2.05) is 0 Å². The van der Waals surface area contributed by atoms with Crippen molar-refractivity contribution < 1.29 is 29.2 Å². The van der Waals surface area contributed by atoms with Gasteiger partial charge in [0.25, 0.3) is 5.69 Å². The molecule has 2 heterocycles. The maximum Gasteiger partial charge on any atom is 0.338 e. The van der Waals surface area contributed by atoms with Gasteiger partial charge in [0.05, 0.1) is 10.5 Å². The normalized spacial score (nSPS) is 27.3. The smallest absolute Gasteiger partial charge is 0.338 e. The van der Waals surface area contributed by atoms with E-state index in [9.17, 15) is 29.6 Å². The number of carbonyl (C=O) groups is 3. The van der Waals surface area contributed by atoms with Crippen LogP contribution < -0.4 is 5.73 Å². The molecule has 0 bridgehead atoms. The van der Waals surface area contributed by atoms with Crippen LogP contribution in [0.15, 0.2) is 24.3 Å². The first-order valence-electron chi connectivity index (χ1n) is 7.58. The minimum atomic E-state index is -1.42. The van der Waals surface area contributed by atoms with Crippen molar-refractivity contribution in [3.8, 4) is 0 Å². The van der Waals surface area contributed by atoms with Crippen LogP contribution in [0.4, 0.5) is 5.69 Å². The lowest BCUT2D eigenvalue weighted by molar-refractivity contribution is -0.384. The molecule has 2 aliphatic rings. The number of nitro groups is 1. The number of fused-ring (bicyclic) bond motifs is 1. The summed E-state index contributed by atoms with van der Waals surface area (Å²) in [7, 11) is 0. The van der Waals surface area contributed by atoms with Crippen LogP contribution >= 0.6 is 11.8 Å². The Morgan fingerprint density at radius 1 is 1.42 bits per heavy atom. The zero-order valence-electron chi connectivity index (χ0n) is 13.4. The van der Waals surface area contributed by atoms with E-state index in [-0.39, 0.29) is 34.8 Å². The largest absolute Gasteiger partial charge is 0.481 e. The number of benzene rings is 1. The van der Waals surface area contributed by atoms with Gasteiger partial charge in [0.2, 0.25) is 5.91 Å². The molecule has 0 radical (unpaired) electrons. The summed E-state index contributed by atoms with van der Waals surface area (Å²) in [5.41, 5.74) is 4.15. The Morgan fingerprint density at radius 3 is 2.65 bits per heavy atom. The molecular formula is C15H15N3O7S. The fourth-order valence-corrected chi connectivity index (χ4v) is 4.28. The molecule has 1 aromatic carbocycles. The van der Waals surface area contributed by atoms with Gasteiger partial charge in [-0.25, -0.2) is 4.79 Å². The van der Waals surface area contributed by atoms with E-state index in [2.05, 4.69) is 0 Å². The van der Waals surface area contributed by atoms with Gasteiger partial charge < -0.3 is 20.5 Å². The van der Waals surface area contributed by atoms with Crippen molar-refractivity contribution in [1.82, 2.24) is 4.90 Å². The van der Waals surface area contributed by atoms with Crippen LogP contribution in [0, 0.1) is 15.5 Å². The lowest BCUT2D eigenvalue weighted by atomic mass is 9.88. The maximum atomic E-state index is 12.1. The zero-order valence-corrected chi connectivity index (χ0v) is 14.2. The summed E-state index contributed by atoms with van der Waals surface area (Å²) < 4.78 is 5.13. The highest BCUT2D eigenvalue weighted by molar-refractivity contribution is 8.00. The number of carboxylic acid groups (broad SMARTS) is 1. The summed E-state index contributed by atoms with van der Waals surface area (Å²) in [4.78, 5) is 47.1. The number of nitro benzene ring substituents is 1. The molecule has 0 aromatic heterocycles. The molecule has 0 spiro atoms. The Kier molecular flexibility index (Phi) is 4.59. The summed E-state index contributed by atoms with van der Waals surface area (Å²) in [6, 6.07) is 4.15. The van der Waals surface area contributed by atoms with Crippen LogP contribution in [0.25, 0.3) is 0 Å². The third-order valence-corrected chi connectivity index (χ3v) is 6.04. The first-order chi connectivity index (χ1) is 12.2. The molecule has 2 aliphatic heterocycles. The number of rotatable bonds is 5. The SMILES string of the molecule is NC1C(=O)N2CC(COC(=O)c3ccc([N+](=O)[O-])cc3)(C(=O)O)CS[C@H]12. The van der Waals surface area contributed by atoms with E-state index >= 15 is 0 Å². The number of esters is 1. The van der Waals surface area contributed by atoms with Crippen LogP contribution in [0.2, 0.25) is 0 Å². The van der Waals surface area contributed by atoms with E-state index in [1.54, 1.807) is 0 Å². The number of amides is 1. The number of nitrogens with zero attached hydrogens (tertiary/aromatic N) is 2. The van der Waals surface area contributed by atoms with Crippen LogP contribution in [0.3, 0.4) is 0 Å². The number of hydrogen-bond donors (Lipinski definition) is 2. The molecule has 138 valence electrons. The average Bonchev–Trinajstić information content (AvgIpc) is 2.65. The minimum absolute atomic E-state index is 0.0690. The number of non-ortho nitro benzene ring substituents is 1. The average molecular weight is 381 g/mol. The van der Waals surface area contributed by atoms with Gasteiger partial charge in [-0.1, -0.05) is 0 Å². The van der Waals surface area contributed by atoms with Gasteiger partial charge in [-0.2, -0.15) is 0 Å². The number of nitrogens with two attached hydrogens (primary N) is 1. The quantitative estimate of drug-likeness (QED) is 0.312. The summed E-state index contributed by atoms with van der Waals surface area (Å²) in [5.74, 6) is -2.14. The Bertz CT molecular complexity index is 784. The fraction of sp³-hybridized carbons (Fsp3) is 0.400. The minimum Gasteiger partial charge on any atom is -0.481 e. The van der Waals surface area contributed by atoms with E-state index in [0.29, 0.717) is 0 Å². The first kappa shape index (κ1) is 18.1. The first-order valence-corrected chi connectivity index (χ1v) is 8.63. The molecule has 3 atom stereocenters. The molecular weight excluding hydrogens is 366 g/mol. The number of ether oxygens (including phenoxy) is 1. The van der Waals surface area contributed by atoms with Crippen LogP contribution in [0.5, 0.6) is 0 Å². The lowest BCUT2D eigenvalue weighted by Gasteiger charge is -2.52. The molecule has 1 amide bonds. The molecule has 11 heteroatoms. The van der Waals surface area contributed by atoms with Gasteiger partial charge in [-0.05, 0) is 12.1 Å². The number of β-lactam (4-membered cyclic amide) rings is 1. The second-order valence-corrected chi connectivity index (χ2v) is 7.26. The third kappa shape index (κ3) is 2.99. The summed E-state index contributed by atoms with van der Waals surface area (Å²) in [5, 5.41) is 20.0. The molecule has 3 rings (SSSR count). The van der Waals surface area contributed by atoms with Gasteiger partial charge in [-0.15, -0.1) is 11.8 Å². The van der Waals surface area contributed by atoms with Gasteiger partial charge in [0.1, 0.15) is 23.4 Å². The topological polar surface area (TPSA) is 153 Å². The fourth-order valence-electron chi connectivity index (χ4n) is 2.81. The second-order valence-electron chi connectivity index (χ2n) is 6.16. The van der Waals surface area contributed by atoms with Crippen LogP contribution in [-0.2, 0) is 14.3 Å². The molecule has 0 aliphatic carbocycles. The Morgan fingerprint density at radius 2 is 2.08 bits per heavy atom. The summed E-state index contributed by atoms with van der Waals surface area (Å²) in [6.07, 6.45) is 0. The van der Waals surface area contributed by atoms with Gasteiger partial charge in [-0.3, -0.25) is 19.7 Å². The number of carboxylic acids is 1. The van der Waals surface area contributed by atoms with E-state index in [4.69, 9.17) is 10.5 Å². The molecule has 1 aromatic rings. The van der Waals surface area contributed by atoms with E-state index < -0.39 is 34.9 Å². The molecule has 26 heavy (non-hydrogen) atoms. The highest BCUT2D eigenvalue weighted by Gasteiger charge is 2.56. The van der Waals surface area contributed by atoms with E-state index in [0.717, 1.165) is 12.1 Å². The number of aliphatic carboxylic acids is 1. The highest BCUT2D eigenvalue weighted by atomic mass is 32.2. The van der Waals surface area contributed by atoms with Crippen molar-refractivity contribution >= 4 is 35.3 Å². The number of carbonyl (C=O) groups excluding carboxylic acids is 2. The van der Waals surface area contributed by atoms with Crippen molar-refractivity contribution in [1.29, 1.82) is 0 Å². The van der Waals surface area contributed by atoms with Crippen molar-refractivity contribution in [3.63, 3.8) is 0 Å². The van der Waals surface area contributed by atoms with Crippen molar-refractivity contribution in [2.24, 2.45) is 11.1 Å². The molecule has 0 saturated carbocycles. The summed E-state index contributed by atoms with van der Waals surface area (Å²) in [6.45, 7) is -0.503. The molecule has 3 N–H and O–H groups in total. The van der Waals surface area contributed by atoms with Crippen molar-refractivity contribution in [3.05, 3.63) is 39.9 Å². The molecule has 2 saturated heterocycles. The Balaban J connectivity index is 1.67. The predicted octanol–water partition coefficient (Wildman–Crippen LogP) is 0.0650. The van der Waals surface area contributed by atoms with Crippen LogP contribution in [-0.4, -0.2) is 63.1 Å². The monoisotopic (exact) mass is 381 g/mol. The standard InChI is InChI=1S/C15H15N3O7S/c16-10-11(19)17-5-15(14(21)22,7-26-12(10)17)6-25-13(20)8-1-3-9(4-2-8)18(23)24/h1-4,10,12H,5-7,16H2,(H,21,22)/t10?,12-,15?/m1/s1. The second kappa shape index (κ2) is 6.57. The maximum absolute atomic E-state index is 12.1. The zero-order chi connectivity index (χ0) is 19.1. The lowest BCUT2D eigenvalue weighted by Crippen LogP contribution is -2.72. The Hall–Kier alpha value is -2.66. The highest BCUT2D eigenvalue weighted by Crippen LogP contribution is 2.41. The molecule has 10 nitrogen and oxygen atoms in total.